The molecule has 0 N–H and O–H groups in total. The van der Waals surface area contributed by atoms with Crippen LogP contribution in [0.25, 0.3) is 44.1 Å². The van der Waals surface area contributed by atoms with E-state index in [2.05, 4.69) is 82.6 Å². The molecule has 5 aromatic rings. The standard InChI is InChI=1S/C32H30N4/c1-3-11-29(35-19-5-6-20-35)25(9-1)23-15-17-33-31-27(23)13-14-28-24(16-18-34-32(28)31)26-10-2-4-12-30(26)36-21-7-8-22-36/h1-4,9-18H,5-8,19-22H2. The number of rotatable bonds is 4. The van der Waals surface area contributed by atoms with Crippen LogP contribution in [0.3, 0.4) is 0 Å². The number of hydrogen-bond acceptors (Lipinski definition) is 4. The minimum Gasteiger partial charge on any atom is -0.371 e. The highest BCUT2D eigenvalue weighted by molar-refractivity contribution is 6.13. The highest BCUT2D eigenvalue weighted by Gasteiger charge is 2.20. The third kappa shape index (κ3) is 3.51. The lowest BCUT2D eigenvalue weighted by atomic mass is 9.95. The first kappa shape index (κ1) is 21.4. The molecule has 0 bridgehead atoms. The SMILES string of the molecule is c1ccc(N2CCCC2)c(-c2ccnc3c2ccc2c(-c4ccccc4N4CCCC4)ccnc23)c1. The van der Waals surface area contributed by atoms with E-state index in [-0.39, 0.29) is 0 Å². The molecule has 0 amide bonds. The molecule has 2 aliphatic heterocycles. The van der Waals surface area contributed by atoms with E-state index in [0.29, 0.717) is 0 Å². The maximum Gasteiger partial charge on any atom is 0.0971 e. The minimum atomic E-state index is 0.974. The van der Waals surface area contributed by atoms with Crippen LogP contribution < -0.4 is 9.80 Å². The van der Waals surface area contributed by atoms with Crippen molar-refractivity contribution in [2.75, 3.05) is 36.0 Å². The second kappa shape index (κ2) is 8.94. The molecule has 0 saturated carbocycles. The van der Waals surface area contributed by atoms with Crippen molar-refractivity contribution in [3.63, 3.8) is 0 Å². The summed E-state index contributed by atoms with van der Waals surface area (Å²) >= 11 is 0. The Bertz CT molecular complexity index is 1440. The van der Waals surface area contributed by atoms with E-state index in [1.807, 2.05) is 12.4 Å². The summed E-state index contributed by atoms with van der Waals surface area (Å²) in [5.41, 5.74) is 9.61. The second-order valence-corrected chi connectivity index (χ2v) is 10.00. The molecule has 0 spiro atoms. The number of anilines is 2. The highest BCUT2D eigenvalue weighted by Crippen LogP contribution is 2.41. The third-order valence-corrected chi connectivity index (χ3v) is 7.90. The van der Waals surface area contributed by atoms with Gasteiger partial charge < -0.3 is 9.80 Å². The summed E-state index contributed by atoms with van der Waals surface area (Å²) in [6, 6.07) is 26.5. The van der Waals surface area contributed by atoms with Gasteiger partial charge in [0.1, 0.15) is 0 Å². The van der Waals surface area contributed by atoms with Crippen molar-refractivity contribution >= 4 is 33.2 Å². The van der Waals surface area contributed by atoms with Crippen molar-refractivity contribution in [3.05, 3.63) is 85.2 Å². The second-order valence-electron chi connectivity index (χ2n) is 10.00. The van der Waals surface area contributed by atoms with Gasteiger partial charge in [0.25, 0.3) is 0 Å². The zero-order valence-corrected chi connectivity index (χ0v) is 20.5. The molecule has 2 aromatic heterocycles. The molecule has 0 radical (unpaired) electrons. The molecule has 178 valence electrons. The molecule has 3 aromatic carbocycles. The summed E-state index contributed by atoms with van der Waals surface area (Å²) in [5, 5.41) is 2.32. The van der Waals surface area contributed by atoms with Crippen LogP contribution in [0.5, 0.6) is 0 Å². The summed E-state index contributed by atoms with van der Waals surface area (Å²) in [7, 11) is 0. The van der Waals surface area contributed by atoms with Gasteiger partial charge in [0, 0.05) is 71.8 Å². The average molecular weight is 471 g/mol. The van der Waals surface area contributed by atoms with Crippen LogP contribution in [0.15, 0.2) is 85.2 Å². The van der Waals surface area contributed by atoms with Gasteiger partial charge in [0.05, 0.1) is 11.0 Å². The molecule has 0 aliphatic carbocycles. The molecule has 4 heterocycles. The Labute approximate surface area is 212 Å². The Balaban J connectivity index is 1.42. The Hall–Kier alpha value is -3.92. The molecule has 2 saturated heterocycles. The van der Waals surface area contributed by atoms with Crippen molar-refractivity contribution in [1.82, 2.24) is 9.97 Å². The van der Waals surface area contributed by atoms with E-state index >= 15 is 0 Å². The lowest BCUT2D eigenvalue weighted by Crippen LogP contribution is -2.18. The predicted molar refractivity (Wildman–Crippen MR) is 151 cm³/mol. The van der Waals surface area contributed by atoms with Gasteiger partial charge in [-0.3, -0.25) is 9.97 Å². The highest BCUT2D eigenvalue weighted by atomic mass is 15.1. The monoisotopic (exact) mass is 470 g/mol. The first-order valence-electron chi connectivity index (χ1n) is 13.2. The summed E-state index contributed by atoms with van der Waals surface area (Å²) in [6.07, 6.45) is 8.96. The van der Waals surface area contributed by atoms with Crippen molar-refractivity contribution in [1.29, 1.82) is 0 Å². The molecule has 4 heteroatoms. The van der Waals surface area contributed by atoms with Gasteiger partial charge in [0.15, 0.2) is 0 Å². The number of hydrogen-bond donors (Lipinski definition) is 0. The van der Waals surface area contributed by atoms with Gasteiger partial charge in [-0.25, -0.2) is 0 Å². The topological polar surface area (TPSA) is 32.3 Å². The van der Waals surface area contributed by atoms with Gasteiger partial charge in [-0.05, 0) is 61.1 Å². The van der Waals surface area contributed by atoms with Crippen molar-refractivity contribution in [2.45, 2.75) is 25.7 Å². The molecule has 0 unspecified atom stereocenters. The average Bonchev–Trinajstić information content (AvgIpc) is 3.68. The third-order valence-electron chi connectivity index (χ3n) is 7.90. The number of aromatic nitrogens is 2. The maximum absolute atomic E-state index is 4.87. The number of pyridine rings is 2. The molecule has 2 aliphatic rings. The van der Waals surface area contributed by atoms with Crippen molar-refractivity contribution < 1.29 is 0 Å². The van der Waals surface area contributed by atoms with Crippen molar-refractivity contribution in [2.24, 2.45) is 0 Å². The molecular formula is C32H30N4. The Morgan fingerprint density at radius 1 is 0.444 bits per heavy atom. The Morgan fingerprint density at radius 3 is 1.31 bits per heavy atom. The van der Waals surface area contributed by atoms with Gasteiger partial charge in [-0.2, -0.15) is 0 Å². The van der Waals surface area contributed by atoms with E-state index in [1.165, 1.54) is 59.3 Å². The summed E-state index contributed by atoms with van der Waals surface area (Å²) < 4.78 is 0. The van der Waals surface area contributed by atoms with Crippen LogP contribution >= 0.6 is 0 Å². The van der Waals surface area contributed by atoms with E-state index in [0.717, 1.165) is 48.0 Å². The maximum atomic E-state index is 4.87. The first-order valence-corrected chi connectivity index (χ1v) is 13.2. The summed E-state index contributed by atoms with van der Waals surface area (Å²) in [5.74, 6) is 0. The van der Waals surface area contributed by atoms with Crippen molar-refractivity contribution in [3.8, 4) is 22.3 Å². The largest absolute Gasteiger partial charge is 0.371 e. The minimum absolute atomic E-state index is 0.974. The van der Waals surface area contributed by atoms with E-state index in [4.69, 9.17) is 9.97 Å². The fraction of sp³-hybridized carbons (Fsp3) is 0.250. The Morgan fingerprint density at radius 2 is 0.861 bits per heavy atom. The van der Waals surface area contributed by atoms with Crippen LogP contribution in [0.4, 0.5) is 11.4 Å². The van der Waals surface area contributed by atoms with E-state index < -0.39 is 0 Å². The summed E-state index contributed by atoms with van der Waals surface area (Å²) in [4.78, 5) is 14.8. The first-order chi connectivity index (χ1) is 17.9. The predicted octanol–water partition coefficient (Wildman–Crippen LogP) is 7.32. The van der Waals surface area contributed by atoms with Gasteiger partial charge in [-0.1, -0.05) is 48.5 Å². The van der Waals surface area contributed by atoms with Crippen LogP contribution in [0, 0.1) is 0 Å². The Kier molecular flexibility index (Phi) is 5.31. The summed E-state index contributed by atoms with van der Waals surface area (Å²) in [6.45, 7) is 4.52. The van der Waals surface area contributed by atoms with Crippen LogP contribution in [0.1, 0.15) is 25.7 Å². The normalized spacial score (nSPS) is 15.9. The lowest BCUT2D eigenvalue weighted by molar-refractivity contribution is 0.949. The zero-order valence-electron chi connectivity index (χ0n) is 20.5. The lowest BCUT2D eigenvalue weighted by Gasteiger charge is -2.23. The smallest absolute Gasteiger partial charge is 0.0971 e. The molecule has 2 fully saturated rings. The van der Waals surface area contributed by atoms with E-state index in [9.17, 15) is 0 Å². The molecule has 0 atom stereocenters. The van der Waals surface area contributed by atoms with Gasteiger partial charge in [0.2, 0.25) is 0 Å². The quantitative estimate of drug-likeness (QED) is 0.258. The van der Waals surface area contributed by atoms with Crippen LogP contribution in [0.2, 0.25) is 0 Å². The van der Waals surface area contributed by atoms with Gasteiger partial charge >= 0.3 is 0 Å². The number of nitrogens with zero attached hydrogens (tertiary/aromatic N) is 4. The fourth-order valence-corrected chi connectivity index (χ4v) is 6.17. The number of para-hydroxylation sites is 2. The number of benzene rings is 3. The van der Waals surface area contributed by atoms with Crippen LogP contribution in [-0.2, 0) is 0 Å². The van der Waals surface area contributed by atoms with E-state index in [1.54, 1.807) is 0 Å². The number of fused-ring (bicyclic) bond motifs is 3. The fourth-order valence-electron chi connectivity index (χ4n) is 6.17. The van der Waals surface area contributed by atoms with Crippen LogP contribution in [-0.4, -0.2) is 36.1 Å². The zero-order chi connectivity index (χ0) is 23.9. The molecular weight excluding hydrogens is 440 g/mol. The molecule has 7 rings (SSSR count). The molecule has 4 nitrogen and oxygen atoms in total. The van der Waals surface area contributed by atoms with Gasteiger partial charge in [-0.15, -0.1) is 0 Å². The molecule has 36 heavy (non-hydrogen) atoms.